The van der Waals surface area contributed by atoms with Gasteiger partial charge in [0.1, 0.15) is 0 Å². The number of rotatable bonds is 6. The number of benzene rings is 2. The number of hydrogen-bond donors (Lipinski definition) is 1. The van der Waals surface area contributed by atoms with Crippen molar-refractivity contribution < 1.29 is 23.9 Å². The zero-order chi connectivity index (χ0) is 17.1. The molecule has 0 saturated carbocycles. The number of aliphatic carboxylic acids is 1. The molecule has 2 aromatic carbocycles. The minimum absolute atomic E-state index is 0.119. The van der Waals surface area contributed by atoms with Crippen molar-refractivity contribution in [3.05, 3.63) is 54.4 Å². The summed E-state index contributed by atoms with van der Waals surface area (Å²) in [6.07, 6.45) is 0. The first-order valence-corrected chi connectivity index (χ1v) is 7.55. The van der Waals surface area contributed by atoms with E-state index in [2.05, 4.69) is 0 Å². The molecule has 0 radical (unpaired) electrons. The van der Waals surface area contributed by atoms with Crippen LogP contribution in [0.2, 0.25) is 0 Å². The molecule has 1 aromatic heterocycles. The second-order valence-electron chi connectivity index (χ2n) is 5.38. The predicted molar refractivity (Wildman–Crippen MR) is 88.1 cm³/mol. The van der Waals surface area contributed by atoms with E-state index >= 15 is 0 Å². The average Bonchev–Trinajstić information content (AvgIpc) is 2.85. The highest BCUT2D eigenvalue weighted by molar-refractivity contribution is 5.75. The molecule has 3 aromatic rings. The molecule has 1 heterocycles. The second-order valence-corrected chi connectivity index (χ2v) is 5.38. The first kappa shape index (κ1) is 15.9. The Labute approximate surface area is 139 Å². The molecule has 6 nitrogen and oxygen atoms in total. The lowest BCUT2D eigenvalue weighted by Gasteiger charge is -2.09. The summed E-state index contributed by atoms with van der Waals surface area (Å²) in [4.78, 5) is 11.3. The predicted octanol–water partition coefficient (Wildman–Crippen LogP) is 2.14. The highest BCUT2D eigenvalue weighted by Gasteiger charge is 2.24. The van der Waals surface area contributed by atoms with Crippen LogP contribution in [0.25, 0.3) is 11.0 Å². The van der Waals surface area contributed by atoms with Gasteiger partial charge in [-0.1, -0.05) is 24.3 Å². The molecule has 24 heavy (non-hydrogen) atoms. The van der Waals surface area contributed by atoms with Crippen LogP contribution in [0.1, 0.15) is 5.82 Å². The van der Waals surface area contributed by atoms with Gasteiger partial charge in [0.25, 0.3) is 5.82 Å². The molecule has 0 aliphatic rings. The van der Waals surface area contributed by atoms with E-state index in [1.165, 1.54) is 0 Å². The highest BCUT2D eigenvalue weighted by atomic mass is 16.5. The third-order valence-corrected chi connectivity index (χ3v) is 3.95. The fraction of sp³-hybridized carbons (Fsp3) is 0.222. The lowest BCUT2D eigenvalue weighted by atomic mass is 10.3. The van der Waals surface area contributed by atoms with Crippen molar-refractivity contribution in [1.82, 2.24) is 4.57 Å². The van der Waals surface area contributed by atoms with Gasteiger partial charge in [0.15, 0.2) is 35.7 Å². The number of fused-ring (bicyclic) bond motifs is 1. The Kier molecular flexibility index (Phi) is 4.37. The lowest BCUT2D eigenvalue weighted by Crippen LogP contribution is -2.34. The number of carboxylic acid groups (broad SMARTS) is 1. The van der Waals surface area contributed by atoms with E-state index in [-0.39, 0.29) is 13.2 Å². The van der Waals surface area contributed by atoms with Crippen molar-refractivity contribution in [2.75, 3.05) is 7.11 Å². The Morgan fingerprint density at radius 3 is 2.50 bits per heavy atom. The Balaban J connectivity index is 1.99. The van der Waals surface area contributed by atoms with E-state index in [0.717, 1.165) is 16.9 Å². The van der Waals surface area contributed by atoms with Crippen molar-refractivity contribution in [2.45, 2.75) is 13.2 Å². The molecule has 0 atom stereocenters. The number of imidazole rings is 1. The van der Waals surface area contributed by atoms with Gasteiger partial charge in [-0.3, -0.25) is 0 Å². The molecule has 0 aliphatic carbocycles. The maximum absolute atomic E-state index is 11.3. The summed E-state index contributed by atoms with van der Waals surface area (Å²) in [5.74, 6) is 1.13. The average molecular weight is 327 g/mol. The number of para-hydroxylation sites is 4. The number of ether oxygens (including phenoxy) is 2. The Morgan fingerprint density at radius 2 is 1.79 bits per heavy atom. The number of carbonyl (C=O) groups is 1. The minimum Gasteiger partial charge on any atom is -0.493 e. The van der Waals surface area contributed by atoms with E-state index in [1.54, 1.807) is 11.7 Å². The summed E-state index contributed by atoms with van der Waals surface area (Å²) in [7, 11) is 3.49. The SMILES string of the molecule is COc1ccccc1OCc1n(CC(=O)O)c2ccccc2[n+]1C. The van der Waals surface area contributed by atoms with Crippen LogP contribution in [-0.4, -0.2) is 22.8 Å². The molecule has 0 spiro atoms. The van der Waals surface area contributed by atoms with Gasteiger partial charge in [0.05, 0.1) is 14.2 Å². The zero-order valence-corrected chi connectivity index (χ0v) is 13.6. The third-order valence-electron chi connectivity index (χ3n) is 3.95. The number of aromatic nitrogens is 2. The van der Waals surface area contributed by atoms with E-state index < -0.39 is 5.97 Å². The molecular formula is C18H19N2O4+. The van der Waals surface area contributed by atoms with Crippen molar-refractivity contribution in [1.29, 1.82) is 0 Å². The van der Waals surface area contributed by atoms with Gasteiger partial charge < -0.3 is 14.6 Å². The van der Waals surface area contributed by atoms with Crippen LogP contribution in [0.4, 0.5) is 0 Å². The molecule has 0 amide bonds. The third kappa shape index (κ3) is 2.90. The first-order chi connectivity index (χ1) is 11.6. The van der Waals surface area contributed by atoms with Gasteiger partial charge in [-0.25, -0.2) is 13.9 Å². The molecule has 0 fully saturated rings. The number of aryl methyl sites for hydroxylation is 1. The van der Waals surface area contributed by atoms with Crippen LogP contribution < -0.4 is 14.0 Å². The zero-order valence-electron chi connectivity index (χ0n) is 13.6. The first-order valence-electron chi connectivity index (χ1n) is 7.55. The van der Waals surface area contributed by atoms with E-state index in [9.17, 15) is 9.90 Å². The van der Waals surface area contributed by atoms with Crippen LogP contribution in [0.3, 0.4) is 0 Å². The van der Waals surface area contributed by atoms with Gasteiger partial charge >= 0.3 is 5.97 Å². The van der Waals surface area contributed by atoms with Crippen molar-refractivity contribution >= 4 is 17.0 Å². The number of nitrogens with zero attached hydrogens (tertiary/aromatic N) is 2. The molecule has 0 unspecified atom stereocenters. The van der Waals surface area contributed by atoms with Crippen molar-refractivity contribution in [2.24, 2.45) is 7.05 Å². The standard InChI is InChI=1S/C18H18N2O4/c1-19-13-7-3-4-8-14(13)20(11-18(21)22)17(19)12-24-16-10-6-5-9-15(16)23-2/h3-10H,11-12H2,1-2H3/p+1. The summed E-state index contributed by atoms with van der Waals surface area (Å²) in [6, 6.07) is 15.1. The largest absolute Gasteiger partial charge is 0.493 e. The number of hydrogen-bond acceptors (Lipinski definition) is 3. The quantitative estimate of drug-likeness (QED) is 0.705. The smallest absolute Gasteiger partial charge is 0.346 e. The maximum atomic E-state index is 11.3. The molecule has 124 valence electrons. The molecular weight excluding hydrogens is 308 g/mol. The minimum atomic E-state index is -0.894. The number of carboxylic acids is 1. The van der Waals surface area contributed by atoms with Crippen molar-refractivity contribution in [3.8, 4) is 11.5 Å². The Bertz CT molecular complexity index is 886. The molecule has 1 N–H and O–H groups in total. The van der Waals surface area contributed by atoms with Crippen LogP contribution in [0, 0.1) is 0 Å². The van der Waals surface area contributed by atoms with Crippen molar-refractivity contribution in [3.63, 3.8) is 0 Å². The molecule has 0 aliphatic heterocycles. The van der Waals surface area contributed by atoms with Crippen LogP contribution in [0.15, 0.2) is 48.5 Å². The maximum Gasteiger partial charge on any atom is 0.346 e. The Hall–Kier alpha value is -3.02. The fourth-order valence-electron chi connectivity index (χ4n) is 2.80. The molecule has 3 rings (SSSR count). The summed E-state index contributed by atoms with van der Waals surface area (Å²) < 4.78 is 14.9. The lowest BCUT2D eigenvalue weighted by molar-refractivity contribution is -0.655. The summed E-state index contributed by atoms with van der Waals surface area (Å²) in [6.45, 7) is 0.116. The van der Waals surface area contributed by atoms with Crippen LogP contribution in [-0.2, 0) is 25.0 Å². The van der Waals surface area contributed by atoms with Gasteiger partial charge in [0.2, 0.25) is 0 Å². The summed E-state index contributed by atoms with van der Waals surface area (Å²) >= 11 is 0. The van der Waals surface area contributed by atoms with E-state index in [1.807, 2.05) is 60.1 Å². The van der Waals surface area contributed by atoms with Gasteiger partial charge in [-0.05, 0) is 24.3 Å². The van der Waals surface area contributed by atoms with E-state index in [0.29, 0.717) is 11.5 Å². The molecule has 0 saturated heterocycles. The van der Waals surface area contributed by atoms with Gasteiger partial charge in [-0.15, -0.1) is 0 Å². The van der Waals surface area contributed by atoms with E-state index in [4.69, 9.17) is 9.47 Å². The fourth-order valence-corrected chi connectivity index (χ4v) is 2.80. The normalized spacial score (nSPS) is 10.8. The highest BCUT2D eigenvalue weighted by Crippen LogP contribution is 2.26. The molecule has 0 bridgehead atoms. The van der Waals surface area contributed by atoms with Crippen LogP contribution in [0.5, 0.6) is 11.5 Å². The van der Waals surface area contributed by atoms with Gasteiger partial charge in [-0.2, -0.15) is 0 Å². The summed E-state index contributed by atoms with van der Waals surface area (Å²) in [5.41, 5.74) is 1.82. The summed E-state index contributed by atoms with van der Waals surface area (Å²) in [5, 5.41) is 9.24. The topological polar surface area (TPSA) is 64.6 Å². The molecule has 6 heteroatoms. The number of methoxy groups -OCH3 is 1. The van der Waals surface area contributed by atoms with Gasteiger partial charge in [0, 0.05) is 0 Å². The van der Waals surface area contributed by atoms with Crippen LogP contribution >= 0.6 is 0 Å². The second kappa shape index (κ2) is 6.62. The monoisotopic (exact) mass is 327 g/mol. The Morgan fingerprint density at radius 1 is 1.12 bits per heavy atom.